The molecule has 0 radical (unpaired) electrons. The molecule has 1 aromatic carbocycles. The molecular weight excluding hydrogens is 364 g/mol. The number of carbonyl (C=O) groups is 1. The Kier molecular flexibility index (Phi) is 6.61. The van der Waals surface area contributed by atoms with Crippen molar-refractivity contribution >= 4 is 22.8 Å². The van der Waals surface area contributed by atoms with Gasteiger partial charge in [-0.3, -0.25) is 9.69 Å². The Morgan fingerprint density at radius 2 is 1.89 bits per heavy atom. The quantitative estimate of drug-likeness (QED) is 0.729. The lowest BCUT2D eigenvalue weighted by Crippen LogP contribution is -2.38. The van der Waals surface area contributed by atoms with Gasteiger partial charge in [-0.05, 0) is 73.6 Å². The predicted molar refractivity (Wildman–Crippen MR) is 118 cm³/mol. The number of hydrogen-bond donors (Lipinski definition) is 1. The van der Waals surface area contributed by atoms with Crippen molar-refractivity contribution in [3.63, 3.8) is 0 Å². The SMILES string of the molecule is O=C(NC1CCC(CCN2CC=C(c3ccccc3)CC2)CC1)c1cccs1. The van der Waals surface area contributed by atoms with Crippen molar-refractivity contribution in [1.29, 1.82) is 0 Å². The van der Waals surface area contributed by atoms with Gasteiger partial charge in [0.1, 0.15) is 0 Å². The van der Waals surface area contributed by atoms with Crippen molar-refractivity contribution in [2.75, 3.05) is 19.6 Å². The van der Waals surface area contributed by atoms with Gasteiger partial charge in [-0.2, -0.15) is 0 Å². The van der Waals surface area contributed by atoms with Crippen LogP contribution in [0.3, 0.4) is 0 Å². The summed E-state index contributed by atoms with van der Waals surface area (Å²) in [5.74, 6) is 0.919. The maximum atomic E-state index is 12.2. The lowest BCUT2D eigenvalue weighted by molar-refractivity contribution is 0.0924. The van der Waals surface area contributed by atoms with E-state index in [0.29, 0.717) is 6.04 Å². The highest BCUT2D eigenvalue weighted by Crippen LogP contribution is 2.28. The molecular formula is C24H30N2OS. The van der Waals surface area contributed by atoms with E-state index in [4.69, 9.17) is 0 Å². The fourth-order valence-corrected chi connectivity index (χ4v) is 5.08. The maximum Gasteiger partial charge on any atom is 0.261 e. The largest absolute Gasteiger partial charge is 0.349 e. The minimum absolute atomic E-state index is 0.104. The highest BCUT2D eigenvalue weighted by Gasteiger charge is 2.23. The molecule has 4 rings (SSSR count). The van der Waals surface area contributed by atoms with Gasteiger partial charge in [-0.25, -0.2) is 0 Å². The third-order valence-corrected chi connectivity index (χ3v) is 7.09. The van der Waals surface area contributed by atoms with Gasteiger partial charge in [-0.1, -0.05) is 42.5 Å². The van der Waals surface area contributed by atoms with E-state index in [0.717, 1.165) is 36.6 Å². The molecule has 0 atom stereocenters. The minimum atomic E-state index is 0.104. The second-order valence-electron chi connectivity index (χ2n) is 8.10. The molecule has 0 unspecified atom stereocenters. The van der Waals surface area contributed by atoms with Gasteiger partial charge in [0.05, 0.1) is 4.88 Å². The van der Waals surface area contributed by atoms with Crippen LogP contribution in [0.1, 0.15) is 53.8 Å². The van der Waals surface area contributed by atoms with Gasteiger partial charge in [0.15, 0.2) is 0 Å². The summed E-state index contributed by atoms with van der Waals surface area (Å²) in [5.41, 5.74) is 2.88. The van der Waals surface area contributed by atoms with Crippen LogP contribution in [0, 0.1) is 5.92 Å². The van der Waals surface area contributed by atoms with E-state index in [2.05, 4.69) is 46.6 Å². The zero-order chi connectivity index (χ0) is 19.2. The molecule has 1 aromatic heterocycles. The van der Waals surface area contributed by atoms with Gasteiger partial charge in [-0.15, -0.1) is 11.3 Å². The molecule has 4 heteroatoms. The number of carbonyl (C=O) groups excluding carboxylic acids is 1. The fourth-order valence-electron chi connectivity index (χ4n) is 4.45. The summed E-state index contributed by atoms with van der Waals surface area (Å²) in [7, 11) is 0. The van der Waals surface area contributed by atoms with Crippen molar-refractivity contribution in [3.05, 3.63) is 64.4 Å². The molecule has 0 saturated heterocycles. The zero-order valence-corrected chi connectivity index (χ0v) is 17.3. The maximum absolute atomic E-state index is 12.2. The van der Waals surface area contributed by atoms with E-state index >= 15 is 0 Å². The van der Waals surface area contributed by atoms with E-state index in [9.17, 15) is 4.79 Å². The Labute approximate surface area is 172 Å². The summed E-state index contributed by atoms with van der Waals surface area (Å²) in [6.45, 7) is 3.46. The smallest absolute Gasteiger partial charge is 0.261 e. The molecule has 1 aliphatic carbocycles. The van der Waals surface area contributed by atoms with E-state index in [1.807, 2.05) is 17.5 Å². The predicted octanol–water partition coefficient (Wildman–Crippen LogP) is 5.22. The first kappa shape index (κ1) is 19.4. The lowest BCUT2D eigenvalue weighted by Gasteiger charge is -2.32. The van der Waals surface area contributed by atoms with Crippen molar-refractivity contribution in [3.8, 4) is 0 Å². The molecule has 0 bridgehead atoms. The van der Waals surface area contributed by atoms with Crippen molar-refractivity contribution in [2.45, 2.75) is 44.6 Å². The number of amides is 1. The molecule has 2 aromatic rings. The molecule has 1 aliphatic heterocycles. The average molecular weight is 395 g/mol. The number of benzene rings is 1. The number of rotatable bonds is 6. The molecule has 2 heterocycles. The summed E-state index contributed by atoms with van der Waals surface area (Å²) in [6, 6.07) is 15.0. The molecule has 148 valence electrons. The Morgan fingerprint density at radius 1 is 1.07 bits per heavy atom. The van der Waals surface area contributed by atoms with Crippen LogP contribution in [-0.2, 0) is 0 Å². The second-order valence-corrected chi connectivity index (χ2v) is 9.05. The first-order valence-corrected chi connectivity index (χ1v) is 11.5. The lowest BCUT2D eigenvalue weighted by atomic mass is 9.84. The summed E-state index contributed by atoms with van der Waals surface area (Å²) in [6.07, 6.45) is 9.60. The first-order valence-electron chi connectivity index (χ1n) is 10.6. The monoisotopic (exact) mass is 394 g/mol. The van der Waals surface area contributed by atoms with Crippen LogP contribution in [0.15, 0.2) is 53.9 Å². The number of nitrogens with one attached hydrogen (secondary N) is 1. The first-order chi connectivity index (χ1) is 13.8. The van der Waals surface area contributed by atoms with Crippen LogP contribution in [0.4, 0.5) is 0 Å². The Hall–Kier alpha value is -1.91. The van der Waals surface area contributed by atoms with Crippen LogP contribution in [-0.4, -0.2) is 36.5 Å². The van der Waals surface area contributed by atoms with E-state index in [1.165, 1.54) is 54.8 Å². The fraction of sp³-hybridized carbons (Fsp3) is 0.458. The zero-order valence-electron chi connectivity index (χ0n) is 16.5. The Morgan fingerprint density at radius 3 is 2.57 bits per heavy atom. The van der Waals surface area contributed by atoms with E-state index in [-0.39, 0.29) is 5.91 Å². The number of hydrogen-bond acceptors (Lipinski definition) is 3. The molecule has 1 N–H and O–H groups in total. The van der Waals surface area contributed by atoms with Gasteiger partial charge in [0.25, 0.3) is 5.91 Å². The topological polar surface area (TPSA) is 32.3 Å². The Balaban J connectivity index is 1.16. The normalized spacial score (nSPS) is 23.2. The Bertz CT molecular complexity index is 776. The summed E-state index contributed by atoms with van der Waals surface area (Å²) >= 11 is 1.52. The van der Waals surface area contributed by atoms with Crippen LogP contribution < -0.4 is 5.32 Å². The van der Waals surface area contributed by atoms with Crippen molar-refractivity contribution in [2.24, 2.45) is 5.92 Å². The van der Waals surface area contributed by atoms with E-state index in [1.54, 1.807) is 0 Å². The summed E-state index contributed by atoms with van der Waals surface area (Å²) in [5, 5.41) is 5.18. The molecule has 1 amide bonds. The van der Waals surface area contributed by atoms with E-state index < -0.39 is 0 Å². The average Bonchev–Trinajstić information content (AvgIpc) is 3.29. The molecule has 1 fully saturated rings. The van der Waals surface area contributed by atoms with Crippen LogP contribution in [0.25, 0.3) is 5.57 Å². The second kappa shape index (κ2) is 9.53. The van der Waals surface area contributed by atoms with Gasteiger partial charge < -0.3 is 5.32 Å². The van der Waals surface area contributed by atoms with Crippen LogP contribution in [0.5, 0.6) is 0 Å². The standard InChI is InChI=1S/C24H30N2OS/c27-24(23-7-4-18-28-23)25-22-10-8-19(9-11-22)12-15-26-16-13-21(14-17-26)20-5-2-1-3-6-20/h1-7,13,18-19,22H,8-12,14-17H2,(H,25,27). The molecule has 28 heavy (non-hydrogen) atoms. The molecule has 0 spiro atoms. The van der Waals surface area contributed by atoms with Crippen LogP contribution >= 0.6 is 11.3 Å². The summed E-state index contributed by atoms with van der Waals surface area (Å²) in [4.78, 5) is 15.6. The molecule has 3 nitrogen and oxygen atoms in total. The third-order valence-electron chi connectivity index (χ3n) is 6.22. The highest BCUT2D eigenvalue weighted by molar-refractivity contribution is 7.12. The van der Waals surface area contributed by atoms with Crippen molar-refractivity contribution in [1.82, 2.24) is 10.2 Å². The highest BCUT2D eigenvalue weighted by atomic mass is 32.1. The third kappa shape index (κ3) is 5.12. The van der Waals surface area contributed by atoms with Gasteiger partial charge >= 0.3 is 0 Å². The molecule has 2 aliphatic rings. The number of thiophene rings is 1. The van der Waals surface area contributed by atoms with Crippen molar-refractivity contribution < 1.29 is 4.79 Å². The number of nitrogens with zero attached hydrogens (tertiary/aromatic N) is 1. The minimum Gasteiger partial charge on any atom is -0.349 e. The molecule has 1 saturated carbocycles. The summed E-state index contributed by atoms with van der Waals surface area (Å²) < 4.78 is 0. The van der Waals surface area contributed by atoms with Crippen LogP contribution in [0.2, 0.25) is 0 Å². The van der Waals surface area contributed by atoms with Gasteiger partial charge in [0.2, 0.25) is 0 Å². The van der Waals surface area contributed by atoms with Gasteiger partial charge in [0, 0.05) is 19.1 Å².